The number of hydrogen-bond acceptors (Lipinski definition) is 3. The summed E-state index contributed by atoms with van der Waals surface area (Å²) in [6, 6.07) is 10.6. The van der Waals surface area contributed by atoms with Gasteiger partial charge >= 0.3 is 0 Å². The highest BCUT2D eigenvalue weighted by molar-refractivity contribution is 7.99. The molecule has 0 fully saturated rings. The third-order valence-electron chi connectivity index (χ3n) is 2.97. The molecule has 17 heavy (non-hydrogen) atoms. The normalized spacial score (nSPS) is 14.0. The van der Waals surface area contributed by atoms with Crippen LogP contribution >= 0.6 is 11.8 Å². The lowest BCUT2D eigenvalue weighted by molar-refractivity contribution is 0.478. The Kier molecular flexibility index (Phi) is 5.54. The Morgan fingerprint density at radius 3 is 2.71 bits per heavy atom. The summed E-state index contributed by atoms with van der Waals surface area (Å²) in [5.74, 6) is 1.02. The number of hydrogen-bond donors (Lipinski definition) is 1. The van der Waals surface area contributed by atoms with Crippen LogP contribution in [0.5, 0.6) is 0 Å². The molecule has 2 N–H and O–H groups in total. The molecule has 92 valence electrons. The second-order valence-corrected chi connectivity index (χ2v) is 5.48. The summed E-state index contributed by atoms with van der Waals surface area (Å²) in [5, 5.41) is 8.96. The lowest BCUT2D eigenvalue weighted by Crippen LogP contribution is -2.37. The molecule has 0 radical (unpaired) electrons. The van der Waals surface area contributed by atoms with Crippen LogP contribution in [-0.2, 0) is 0 Å². The van der Waals surface area contributed by atoms with Crippen molar-refractivity contribution in [1.82, 2.24) is 0 Å². The maximum absolute atomic E-state index is 8.96. The Morgan fingerprint density at radius 2 is 2.12 bits per heavy atom. The SMILES string of the molecule is CCC(N)(C#N)CCCSc1ccccc1C. The van der Waals surface area contributed by atoms with Crippen molar-refractivity contribution in [3.05, 3.63) is 29.8 Å². The van der Waals surface area contributed by atoms with Gasteiger partial charge in [-0.15, -0.1) is 11.8 Å². The molecule has 1 aromatic carbocycles. The second kappa shape index (κ2) is 6.68. The van der Waals surface area contributed by atoms with Gasteiger partial charge in [0.05, 0.1) is 6.07 Å². The summed E-state index contributed by atoms with van der Waals surface area (Å²) in [7, 11) is 0. The predicted octanol–water partition coefficient (Wildman–Crippen LogP) is 3.50. The highest BCUT2D eigenvalue weighted by atomic mass is 32.2. The molecule has 0 amide bonds. The molecule has 0 saturated heterocycles. The first-order chi connectivity index (χ1) is 8.11. The Morgan fingerprint density at radius 1 is 1.41 bits per heavy atom. The molecule has 0 bridgehead atoms. The first-order valence-electron chi connectivity index (χ1n) is 6.00. The van der Waals surface area contributed by atoms with Gasteiger partial charge in [-0.05, 0) is 43.6 Å². The molecule has 0 saturated carbocycles. The Hall–Kier alpha value is -0.980. The third kappa shape index (κ3) is 4.41. The highest BCUT2D eigenvalue weighted by Crippen LogP contribution is 2.24. The van der Waals surface area contributed by atoms with E-state index in [0.717, 1.165) is 25.0 Å². The molecule has 0 heterocycles. The van der Waals surface area contributed by atoms with E-state index in [2.05, 4.69) is 37.3 Å². The summed E-state index contributed by atoms with van der Waals surface area (Å²) in [6.45, 7) is 4.09. The summed E-state index contributed by atoms with van der Waals surface area (Å²) in [5.41, 5.74) is 6.62. The molecule has 0 spiro atoms. The van der Waals surface area contributed by atoms with Crippen LogP contribution in [0, 0.1) is 18.3 Å². The molecule has 0 aliphatic rings. The van der Waals surface area contributed by atoms with Crippen molar-refractivity contribution in [1.29, 1.82) is 5.26 Å². The van der Waals surface area contributed by atoms with Crippen LogP contribution in [-0.4, -0.2) is 11.3 Å². The molecule has 1 unspecified atom stereocenters. The number of nitrogens with two attached hydrogens (primary N) is 1. The first-order valence-corrected chi connectivity index (χ1v) is 6.98. The van der Waals surface area contributed by atoms with Gasteiger partial charge in [-0.1, -0.05) is 25.1 Å². The zero-order valence-electron chi connectivity index (χ0n) is 10.6. The van der Waals surface area contributed by atoms with E-state index in [1.807, 2.05) is 18.7 Å². The van der Waals surface area contributed by atoms with Gasteiger partial charge in [0.25, 0.3) is 0 Å². The van der Waals surface area contributed by atoms with Gasteiger partial charge in [0.1, 0.15) is 5.54 Å². The van der Waals surface area contributed by atoms with Crippen molar-refractivity contribution < 1.29 is 0 Å². The second-order valence-electron chi connectivity index (χ2n) is 4.34. The number of nitrogens with zero attached hydrogens (tertiary/aromatic N) is 1. The van der Waals surface area contributed by atoms with Crippen molar-refractivity contribution in [3.8, 4) is 6.07 Å². The van der Waals surface area contributed by atoms with Crippen molar-refractivity contribution in [2.24, 2.45) is 5.73 Å². The zero-order chi connectivity index (χ0) is 12.7. The molecule has 3 heteroatoms. The molecule has 0 aliphatic heterocycles. The van der Waals surface area contributed by atoms with Crippen LogP contribution in [0.25, 0.3) is 0 Å². The van der Waals surface area contributed by atoms with E-state index in [0.29, 0.717) is 0 Å². The molecule has 1 atom stereocenters. The molecule has 2 nitrogen and oxygen atoms in total. The van der Waals surface area contributed by atoms with Crippen LogP contribution < -0.4 is 5.73 Å². The third-order valence-corrected chi connectivity index (χ3v) is 4.23. The molecule has 0 aliphatic carbocycles. The number of nitriles is 1. The highest BCUT2D eigenvalue weighted by Gasteiger charge is 2.20. The average Bonchev–Trinajstić information content (AvgIpc) is 2.36. The fourth-order valence-electron chi connectivity index (χ4n) is 1.60. The lowest BCUT2D eigenvalue weighted by atomic mass is 9.94. The zero-order valence-corrected chi connectivity index (χ0v) is 11.4. The van der Waals surface area contributed by atoms with Gasteiger partial charge in [0.2, 0.25) is 0 Å². The topological polar surface area (TPSA) is 49.8 Å². The first kappa shape index (κ1) is 14.1. The predicted molar refractivity (Wildman–Crippen MR) is 74.0 cm³/mol. The van der Waals surface area contributed by atoms with Crippen molar-refractivity contribution in [2.45, 2.75) is 43.5 Å². The monoisotopic (exact) mass is 248 g/mol. The summed E-state index contributed by atoms with van der Waals surface area (Å²) >= 11 is 1.84. The quantitative estimate of drug-likeness (QED) is 0.619. The minimum atomic E-state index is -0.633. The van der Waals surface area contributed by atoms with E-state index >= 15 is 0 Å². The molecule has 1 aromatic rings. The van der Waals surface area contributed by atoms with E-state index in [-0.39, 0.29) is 0 Å². The largest absolute Gasteiger partial charge is 0.313 e. The number of aryl methyl sites for hydroxylation is 1. The van der Waals surface area contributed by atoms with Gasteiger partial charge in [0.15, 0.2) is 0 Å². The smallest absolute Gasteiger partial charge is 0.104 e. The Labute approximate surface area is 108 Å². The number of thioether (sulfide) groups is 1. The van der Waals surface area contributed by atoms with E-state index < -0.39 is 5.54 Å². The molecular weight excluding hydrogens is 228 g/mol. The summed E-state index contributed by atoms with van der Waals surface area (Å²) in [4.78, 5) is 1.32. The minimum absolute atomic E-state index is 0.633. The number of benzene rings is 1. The van der Waals surface area contributed by atoms with Crippen LogP contribution in [0.2, 0.25) is 0 Å². The Balaban J connectivity index is 2.35. The van der Waals surface area contributed by atoms with Crippen LogP contribution in [0.3, 0.4) is 0 Å². The summed E-state index contributed by atoms with van der Waals surface area (Å²) < 4.78 is 0. The maximum Gasteiger partial charge on any atom is 0.104 e. The Bertz CT molecular complexity index is 397. The van der Waals surface area contributed by atoms with E-state index in [1.165, 1.54) is 10.5 Å². The fraction of sp³-hybridized carbons (Fsp3) is 0.500. The lowest BCUT2D eigenvalue weighted by Gasteiger charge is -2.18. The van der Waals surface area contributed by atoms with E-state index in [4.69, 9.17) is 11.0 Å². The average molecular weight is 248 g/mol. The van der Waals surface area contributed by atoms with E-state index in [9.17, 15) is 0 Å². The van der Waals surface area contributed by atoms with Crippen molar-refractivity contribution in [3.63, 3.8) is 0 Å². The van der Waals surface area contributed by atoms with Gasteiger partial charge in [-0.2, -0.15) is 5.26 Å². The minimum Gasteiger partial charge on any atom is -0.313 e. The van der Waals surface area contributed by atoms with Crippen molar-refractivity contribution in [2.75, 3.05) is 5.75 Å². The number of rotatable bonds is 6. The van der Waals surface area contributed by atoms with Crippen LogP contribution in [0.4, 0.5) is 0 Å². The van der Waals surface area contributed by atoms with Crippen LogP contribution in [0.1, 0.15) is 31.7 Å². The maximum atomic E-state index is 8.96. The molecular formula is C14H20N2S. The molecule has 0 aromatic heterocycles. The van der Waals surface area contributed by atoms with Gasteiger partial charge in [-0.25, -0.2) is 0 Å². The standard InChI is InChI=1S/C14H20N2S/c1-3-14(16,11-15)9-6-10-17-13-8-5-4-7-12(13)2/h4-5,7-8H,3,6,9-10,16H2,1-2H3. The van der Waals surface area contributed by atoms with Crippen molar-refractivity contribution >= 4 is 11.8 Å². The summed E-state index contributed by atoms with van der Waals surface area (Å²) in [6.07, 6.45) is 2.48. The fourth-order valence-corrected chi connectivity index (χ4v) is 2.58. The van der Waals surface area contributed by atoms with Gasteiger partial charge in [-0.3, -0.25) is 0 Å². The van der Waals surface area contributed by atoms with Gasteiger partial charge < -0.3 is 5.73 Å². The molecule has 1 rings (SSSR count). The van der Waals surface area contributed by atoms with Crippen LogP contribution in [0.15, 0.2) is 29.2 Å². The van der Waals surface area contributed by atoms with Gasteiger partial charge in [0, 0.05) is 4.90 Å². The van der Waals surface area contributed by atoms with E-state index in [1.54, 1.807) is 0 Å².